The molecule has 0 spiro atoms. The van der Waals surface area contributed by atoms with E-state index < -0.39 is 0 Å². The summed E-state index contributed by atoms with van der Waals surface area (Å²) in [5.74, 6) is -0.367. The van der Waals surface area contributed by atoms with Crippen LogP contribution in [0.4, 0.5) is 5.69 Å². The van der Waals surface area contributed by atoms with Gasteiger partial charge in [-0.05, 0) is 65.6 Å². The Kier molecular flexibility index (Phi) is 5.39. The number of rotatable bonds is 5. The van der Waals surface area contributed by atoms with Gasteiger partial charge in [0.1, 0.15) is 0 Å². The Morgan fingerprint density at radius 2 is 1.94 bits per heavy atom. The highest BCUT2D eigenvalue weighted by molar-refractivity contribution is 6.09. The van der Waals surface area contributed by atoms with Gasteiger partial charge in [-0.1, -0.05) is 42.5 Å². The van der Waals surface area contributed by atoms with Crippen LogP contribution in [0.1, 0.15) is 52.1 Å². The van der Waals surface area contributed by atoms with Gasteiger partial charge in [-0.2, -0.15) is 0 Å². The summed E-state index contributed by atoms with van der Waals surface area (Å²) < 4.78 is 6.14. The maximum absolute atomic E-state index is 11.6. The molecule has 0 aromatic heterocycles. The largest absolute Gasteiger partial charge is 0.373 e. The van der Waals surface area contributed by atoms with Gasteiger partial charge in [-0.15, -0.1) is 0 Å². The number of nitrogens with zero attached hydrogens (tertiary/aromatic N) is 2. The van der Waals surface area contributed by atoms with E-state index in [1.165, 1.54) is 38.7 Å². The second-order valence-corrected chi connectivity index (χ2v) is 9.78. The summed E-state index contributed by atoms with van der Waals surface area (Å²) in [7, 11) is 0. The molecular formula is C29H31N3O2. The molecule has 3 aliphatic rings. The van der Waals surface area contributed by atoms with Crippen molar-refractivity contribution in [3.05, 3.63) is 76.3 Å². The van der Waals surface area contributed by atoms with Gasteiger partial charge in [-0.3, -0.25) is 9.69 Å². The Morgan fingerprint density at radius 3 is 2.76 bits per heavy atom. The van der Waals surface area contributed by atoms with Crippen molar-refractivity contribution in [3.8, 4) is 0 Å². The van der Waals surface area contributed by atoms with Crippen molar-refractivity contribution >= 4 is 34.5 Å². The minimum atomic E-state index is -0.367. The van der Waals surface area contributed by atoms with Gasteiger partial charge in [0.25, 0.3) is 0 Å². The lowest BCUT2D eigenvalue weighted by atomic mass is 9.93. The molecule has 1 aliphatic carbocycles. The number of piperazine rings is 1. The Labute approximate surface area is 200 Å². The number of nitrogens with two attached hydrogens (primary N) is 1. The second-order valence-electron chi connectivity index (χ2n) is 9.78. The van der Waals surface area contributed by atoms with Gasteiger partial charge in [0.15, 0.2) is 0 Å². The van der Waals surface area contributed by atoms with Crippen LogP contribution in [0.25, 0.3) is 22.9 Å². The zero-order valence-corrected chi connectivity index (χ0v) is 19.7. The zero-order valence-electron chi connectivity index (χ0n) is 19.7. The number of hydrogen-bond donors (Lipinski definition) is 1. The summed E-state index contributed by atoms with van der Waals surface area (Å²) in [6, 6.07) is 17.5. The number of ether oxygens (including phenoxy) is 1. The highest BCUT2D eigenvalue weighted by Gasteiger charge is 2.28. The smallest absolute Gasteiger partial charge is 0.248 e. The van der Waals surface area contributed by atoms with E-state index in [1.54, 1.807) is 0 Å². The molecule has 1 saturated heterocycles. The molecule has 0 unspecified atom stereocenters. The second kappa shape index (κ2) is 8.57. The molecule has 5 nitrogen and oxygen atoms in total. The minimum Gasteiger partial charge on any atom is -0.373 e. The van der Waals surface area contributed by atoms with Crippen LogP contribution in [0.5, 0.6) is 0 Å². The number of primary amides is 1. The monoisotopic (exact) mass is 453 g/mol. The molecule has 1 fully saturated rings. The molecule has 0 radical (unpaired) electrons. The third kappa shape index (κ3) is 3.69. The quantitative estimate of drug-likeness (QED) is 0.478. The van der Waals surface area contributed by atoms with Crippen molar-refractivity contribution in [2.45, 2.75) is 31.9 Å². The van der Waals surface area contributed by atoms with Crippen LogP contribution in [0.3, 0.4) is 0 Å². The van der Waals surface area contributed by atoms with Crippen molar-refractivity contribution in [2.75, 3.05) is 37.7 Å². The predicted molar refractivity (Wildman–Crippen MR) is 138 cm³/mol. The fourth-order valence-corrected chi connectivity index (χ4v) is 5.94. The molecule has 3 aromatic rings. The van der Waals surface area contributed by atoms with E-state index in [0.717, 1.165) is 39.0 Å². The number of carbonyl (C=O) groups excluding carboxylic acids is 1. The molecule has 0 saturated carbocycles. The Morgan fingerprint density at radius 1 is 1.09 bits per heavy atom. The van der Waals surface area contributed by atoms with E-state index in [4.69, 9.17) is 10.5 Å². The molecule has 2 aliphatic heterocycles. The van der Waals surface area contributed by atoms with Gasteiger partial charge in [0.2, 0.25) is 5.91 Å². The van der Waals surface area contributed by atoms with E-state index >= 15 is 0 Å². The lowest BCUT2D eigenvalue weighted by Crippen LogP contribution is -2.52. The predicted octanol–water partition coefficient (Wildman–Crippen LogP) is 4.64. The fraction of sp³-hybridized carbons (Fsp3) is 0.345. The summed E-state index contributed by atoms with van der Waals surface area (Å²) in [5.41, 5.74) is 12.5. The highest BCUT2D eigenvalue weighted by atomic mass is 16.5. The fourth-order valence-electron chi connectivity index (χ4n) is 5.94. The van der Waals surface area contributed by atoms with Crippen LogP contribution in [0, 0.1) is 0 Å². The van der Waals surface area contributed by atoms with Gasteiger partial charge >= 0.3 is 0 Å². The first-order chi connectivity index (χ1) is 16.6. The number of anilines is 1. The molecule has 34 heavy (non-hydrogen) atoms. The van der Waals surface area contributed by atoms with Gasteiger partial charge in [-0.25, -0.2) is 0 Å². The van der Waals surface area contributed by atoms with Crippen molar-refractivity contribution in [3.63, 3.8) is 0 Å². The average Bonchev–Trinajstić information content (AvgIpc) is 3.28. The molecule has 174 valence electrons. The maximum Gasteiger partial charge on any atom is 0.248 e. The molecular weight excluding hydrogens is 422 g/mol. The SMILES string of the molecule is C[C@@H]1CN(c2ccc3c4c(cccc24)C=C3)CCN1CC[C@@H]1OCCc2cc(C(N)=O)ccc21. The Bertz CT molecular complexity index is 1290. The third-order valence-corrected chi connectivity index (χ3v) is 7.77. The van der Waals surface area contributed by atoms with Gasteiger partial charge in [0.05, 0.1) is 12.7 Å². The van der Waals surface area contributed by atoms with Crippen LogP contribution in [0.2, 0.25) is 0 Å². The van der Waals surface area contributed by atoms with Gasteiger partial charge in [0, 0.05) is 48.9 Å². The van der Waals surface area contributed by atoms with Crippen molar-refractivity contribution in [2.24, 2.45) is 5.73 Å². The number of amides is 1. The first-order valence-corrected chi connectivity index (χ1v) is 12.4. The molecule has 0 bridgehead atoms. The molecule has 3 aromatic carbocycles. The first-order valence-electron chi connectivity index (χ1n) is 12.4. The lowest BCUT2D eigenvalue weighted by Gasteiger charge is -2.42. The van der Waals surface area contributed by atoms with Crippen molar-refractivity contribution < 1.29 is 9.53 Å². The van der Waals surface area contributed by atoms with Crippen LogP contribution in [-0.4, -0.2) is 49.6 Å². The topological polar surface area (TPSA) is 58.8 Å². The summed E-state index contributed by atoms with van der Waals surface area (Å²) in [6.45, 7) is 7.13. The van der Waals surface area contributed by atoms with E-state index in [1.807, 2.05) is 18.2 Å². The van der Waals surface area contributed by atoms with E-state index in [9.17, 15) is 4.79 Å². The van der Waals surface area contributed by atoms with E-state index in [0.29, 0.717) is 18.2 Å². The van der Waals surface area contributed by atoms with Crippen LogP contribution in [-0.2, 0) is 11.2 Å². The molecule has 5 heteroatoms. The summed E-state index contributed by atoms with van der Waals surface area (Å²) in [5, 5.41) is 2.76. The summed E-state index contributed by atoms with van der Waals surface area (Å²) >= 11 is 0. The summed E-state index contributed by atoms with van der Waals surface area (Å²) in [4.78, 5) is 16.7. The zero-order chi connectivity index (χ0) is 23.2. The van der Waals surface area contributed by atoms with E-state index in [2.05, 4.69) is 59.2 Å². The molecule has 1 amide bonds. The van der Waals surface area contributed by atoms with Gasteiger partial charge < -0.3 is 15.4 Å². The highest BCUT2D eigenvalue weighted by Crippen LogP contribution is 2.37. The average molecular weight is 454 g/mol. The van der Waals surface area contributed by atoms with Crippen LogP contribution < -0.4 is 10.6 Å². The number of fused-ring (bicyclic) bond motifs is 1. The normalized spacial score (nSPS) is 21.7. The lowest BCUT2D eigenvalue weighted by molar-refractivity contribution is 0.0255. The Balaban J connectivity index is 1.13. The first kappa shape index (κ1) is 21.4. The summed E-state index contributed by atoms with van der Waals surface area (Å²) in [6.07, 6.45) is 6.33. The maximum atomic E-state index is 11.6. The third-order valence-electron chi connectivity index (χ3n) is 7.77. The standard InChI is InChI=1S/C29H31N3O2/c1-19-18-32(26-10-8-21-6-5-20-3-2-4-25(26)28(20)21)15-14-31(19)13-11-27-24-9-7-23(29(30)33)17-22(24)12-16-34-27/h2-10,17,19,27H,11-16,18H2,1H3,(H2,30,33)/t19-,27+/m1/s1. The molecule has 2 heterocycles. The van der Waals surface area contributed by atoms with Crippen LogP contribution >= 0.6 is 0 Å². The minimum absolute atomic E-state index is 0.0833. The van der Waals surface area contributed by atoms with Crippen molar-refractivity contribution in [1.82, 2.24) is 4.90 Å². The number of carbonyl (C=O) groups is 1. The number of hydrogen-bond acceptors (Lipinski definition) is 4. The molecule has 2 atom stereocenters. The molecule has 6 rings (SSSR count). The van der Waals surface area contributed by atoms with E-state index in [-0.39, 0.29) is 12.0 Å². The van der Waals surface area contributed by atoms with Crippen LogP contribution in [0.15, 0.2) is 48.5 Å². The molecule has 2 N–H and O–H groups in total. The Hall–Kier alpha value is -3.15. The van der Waals surface area contributed by atoms with Crippen molar-refractivity contribution in [1.29, 1.82) is 0 Å². The number of benzene rings is 3.